The van der Waals surface area contributed by atoms with Gasteiger partial charge in [-0.2, -0.15) is 0 Å². The third kappa shape index (κ3) is 2.62. The fraction of sp³-hybridized carbons (Fsp3) is 0.727. The molecule has 0 unspecified atom stereocenters. The van der Waals surface area contributed by atoms with Crippen LogP contribution in [0.15, 0.2) is 6.20 Å². The van der Waals surface area contributed by atoms with E-state index in [1.54, 1.807) is 6.20 Å². The summed E-state index contributed by atoms with van der Waals surface area (Å²) in [6.07, 6.45) is 10.8. The summed E-state index contributed by atoms with van der Waals surface area (Å²) in [6, 6.07) is 0. The Kier molecular flexibility index (Phi) is 3.46. The lowest BCUT2D eigenvalue weighted by atomic mass is 9.78. The second-order valence-electron chi connectivity index (χ2n) is 4.46. The smallest absolute Gasteiger partial charge is 0.126 e. The van der Waals surface area contributed by atoms with Crippen molar-refractivity contribution in [1.29, 1.82) is 0 Å². The normalized spacial score (nSPS) is 20.8. The van der Waals surface area contributed by atoms with Crippen molar-refractivity contribution in [3.63, 3.8) is 0 Å². The van der Waals surface area contributed by atoms with Crippen LogP contribution in [0.4, 0.5) is 0 Å². The van der Waals surface area contributed by atoms with Crippen molar-refractivity contribution >= 4 is 17.8 Å². The van der Waals surface area contributed by atoms with E-state index >= 15 is 0 Å². The molecule has 0 N–H and O–H groups in total. The van der Waals surface area contributed by atoms with Crippen molar-refractivity contribution in [2.75, 3.05) is 0 Å². The van der Waals surface area contributed by atoms with Gasteiger partial charge in [0.05, 0.1) is 6.20 Å². The molecular formula is C11H16N2OS. The van der Waals surface area contributed by atoms with Gasteiger partial charge in [0, 0.05) is 10.3 Å². The van der Waals surface area contributed by atoms with Crippen LogP contribution in [0.5, 0.6) is 0 Å². The van der Waals surface area contributed by atoms with E-state index in [9.17, 15) is 4.79 Å². The summed E-state index contributed by atoms with van der Waals surface area (Å²) >= 11 is 1.42. The van der Waals surface area contributed by atoms with E-state index in [1.165, 1.54) is 43.5 Å². The number of aldehydes is 1. The van der Waals surface area contributed by atoms with E-state index in [2.05, 4.69) is 9.59 Å². The van der Waals surface area contributed by atoms with Gasteiger partial charge in [0.25, 0.3) is 0 Å². The van der Waals surface area contributed by atoms with Gasteiger partial charge in [-0.15, -0.1) is 5.10 Å². The molecule has 4 heteroatoms. The molecule has 0 saturated heterocycles. The molecule has 0 bridgehead atoms. The van der Waals surface area contributed by atoms with Crippen molar-refractivity contribution < 1.29 is 4.79 Å². The van der Waals surface area contributed by atoms with E-state index in [1.807, 2.05) is 0 Å². The van der Waals surface area contributed by atoms with Crippen molar-refractivity contribution in [2.24, 2.45) is 5.41 Å². The van der Waals surface area contributed by atoms with E-state index in [4.69, 9.17) is 0 Å². The van der Waals surface area contributed by atoms with Crippen LogP contribution in [0.3, 0.4) is 0 Å². The Hall–Kier alpha value is -0.770. The Morgan fingerprint density at radius 2 is 2.07 bits per heavy atom. The minimum atomic E-state index is -0.120. The number of carbonyl (C=O) groups excluding carboxylic acids is 1. The van der Waals surface area contributed by atoms with E-state index < -0.39 is 0 Å². The third-order valence-electron chi connectivity index (χ3n) is 3.28. The van der Waals surface area contributed by atoms with Crippen LogP contribution < -0.4 is 0 Å². The Balaban J connectivity index is 2.09. The maximum Gasteiger partial charge on any atom is 0.126 e. The number of nitrogens with zero attached hydrogens (tertiary/aromatic N) is 2. The van der Waals surface area contributed by atoms with Crippen LogP contribution in [0.25, 0.3) is 0 Å². The molecule has 0 spiro atoms. The summed E-state index contributed by atoms with van der Waals surface area (Å²) < 4.78 is 3.85. The zero-order chi connectivity index (χ0) is 10.6. The Labute approximate surface area is 94.1 Å². The standard InChI is InChI=1S/C11H16N2OS/c14-9-11(5-3-1-2-4-6-11)7-10-8-12-13-15-10/h8-9H,1-7H2. The number of hydrogen-bond acceptors (Lipinski definition) is 4. The molecule has 0 amide bonds. The van der Waals surface area contributed by atoms with Gasteiger partial charge in [-0.05, 0) is 30.8 Å². The van der Waals surface area contributed by atoms with E-state index in [0.29, 0.717) is 0 Å². The van der Waals surface area contributed by atoms with Gasteiger partial charge in [0.1, 0.15) is 6.29 Å². The molecule has 2 rings (SSSR count). The lowest BCUT2D eigenvalue weighted by Crippen LogP contribution is -2.24. The van der Waals surface area contributed by atoms with Crippen LogP contribution in [0.2, 0.25) is 0 Å². The molecule has 1 saturated carbocycles. The monoisotopic (exact) mass is 224 g/mol. The van der Waals surface area contributed by atoms with Crippen molar-refractivity contribution in [3.8, 4) is 0 Å². The summed E-state index contributed by atoms with van der Waals surface area (Å²) in [5, 5.41) is 3.83. The molecule has 1 heterocycles. The van der Waals surface area contributed by atoms with Crippen LogP contribution in [-0.2, 0) is 11.2 Å². The van der Waals surface area contributed by atoms with Crippen molar-refractivity contribution in [1.82, 2.24) is 9.59 Å². The highest BCUT2D eigenvalue weighted by atomic mass is 32.1. The van der Waals surface area contributed by atoms with Gasteiger partial charge < -0.3 is 4.79 Å². The van der Waals surface area contributed by atoms with E-state index in [0.717, 1.165) is 24.1 Å². The van der Waals surface area contributed by atoms with Gasteiger partial charge in [0.2, 0.25) is 0 Å². The first-order chi connectivity index (χ1) is 7.35. The molecule has 0 atom stereocenters. The molecule has 0 aliphatic heterocycles. The molecule has 82 valence electrons. The topological polar surface area (TPSA) is 42.9 Å². The second-order valence-corrected chi connectivity index (χ2v) is 5.33. The summed E-state index contributed by atoms with van der Waals surface area (Å²) in [7, 11) is 0. The van der Waals surface area contributed by atoms with Gasteiger partial charge in [0.15, 0.2) is 0 Å². The minimum Gasteiger partial charge on any atom is -0.303 e. The SMILES string of the molecule is O=CC1(Cc2cnns2)CCCCCC1. The van der Waals surface area contributed by atoms with Gasteiger partial charge in [-0.1, -0.05) is 30.2 Å². The van der Waals surface area contributed by atoms with Gasteiger partial charge >= 0.3 is 0 Å². The first-order valence-corrected chi connectivity index (χ1v) is 6.35. The van der Waals surface area contributed by atoms with Crippen molar-refractivity contribution in [3.05, 3.63) is 11.1 Å². The summed E-state index contributed by atoms with van der Waals surface area (Å²) in [5.74, 6) is 0. The predicted molar refractivity (Wildman–Crippen MR) is 59.8 cm³/mol. The average molecular weight is 224 g/mol. The summed E-state index contributed by atoms with van der Waals surface area (Å²) in [6.45, 7) is 0. The van der Waals surface area contributed by atoms with Gasteiger partial charge in [-0.25, -0.2) is 0 Å². The quantitative estimate of drug-likeness (QED) is 0.585. The average Bonchev–Trinajstić information content (AvgIpc) is 2.64. The lowest BCUT2D eigenvalue weighted by molar-refractivity contribution is -0.116. The molecule has 3 nitrogen and oxygen atoms in total. The number of aromatic nitrogens is 2. The highest BCUT2D eigenvalue weighted by Crippen LogP contribution is 2.36. The number of hydrogen-bond donors (Lipinski definition) is 0. The molecular weight excluding hydrogens is 208 g/mol. The Bertz CT molecular complexity index is 302. The predicted octanol–water partition coefficient (Wildman–Crippen LogP) is 2.62. The number of rotatable bonds is 3. The first kappa shape index (κ1) is 10.7. The van der Waals surface area contributed by atoms with Crippen LogP contribution in [0.1, 0.15) is 43.4 Å². The maximum atomic E-state index is 11.3. The molecule has 15 heavy (non-hydrogen) atoms. The zero-order valence-corrected chi connectivity index (χ0v) is 9.63. The van der Waals surface area contributed by atoms with Gasteiger partial charge in [-0.3, -0.25) is 0 Å². The molecule has 1 aliphatic carbocycles. The fourth-order valence-electron chi connectivity index (χ4n) is 2.38. The highest BCUT2D eigenvalue weighted by Gasteiger charge is 2.31. The van der Waals surface area contributed by atoms with Crippen LogP contribution in [-0.4, -0.2) is 15.9 Å². The molecule has 0 radical (unpaired) electrons. The summed E-state index contributed by atoms with van der Waals surface area (Å²) in [5.41, 5.74) is -0.120. The third-order valence-corrected chi connectivity index (χ3v) is 3.94. The van der Waals surface area contributed by atoms with Crippen LogP contribution >= 0.6 is 11.5 Å². The summed E-state index contributed by atoms with van der Waals surface area (Å²) in [4.78, 5) is 12.5. The van der Waals surface area contributed by atoms with Crippen molar-refractivity contribution in [2.45, 2.75) is 44.9 Å². The highest BCUT2D eigenvalue weighted by molar-refractivity contribution is 7.05. The largest absolute Gasteiger partial charge is 0.303 e. The zero-order valence-electron chi connectivity index (χ0n) is 8.82. The van der Waals surface area contributed by atoms with Crippen LogP contribution in [0, 0.1) is 5.41 Å². The molecule has 0 aromatic carbocycles. The second kappa shape index (κ2) is 4.84. The minimum absolute atomic E-state index is 0.120. The maximum absolute atomic E-state index is 11.3. The molecule has 1 aromatic heterocycles. The van der Waals surface area contributed by atoms with E-state index in [-0.39, 0.29) is 5.41 Å². The Morgan fingerprint density at radius 1 is 1.33 bits per heavy atom. The lowest BCUT2D eigenvalue weighted by Gasteiger charge is -2.25. The molecule has 1 aliphatic rings. The fourth-order valence-corrected chi connectivity index (χ4v) is 3.03. The first-order valence-electron chi connectivity index (χ1n) is 5.57. The molecule has 1 fully saturated rings. The number of carbonyl (C=O) groups is 1. The molecule has 1 aromatic rings. The Morgan fingerprint density at radius 3 is 2.60 bits per heavy atom.